The van der Waals surface area contributed by atoms with Gasteiger partial charge in [0.2, 0.25) is 0 Å². The molecule has 0 radical (unpaired) electrons. The van der Waals surface area contributed by atoms with E-state index in [2.05, 4.69) is 22.4 Å². The molecule has 1 aromatic rings. The van der Waals surface area contributed by atoms with Crippen molar-refractivity contribution in [1.82, 2.24) is 15.5 Å². The van der Waals surface area contributed by atoms with E-state index in [0.717, 1.165) is 11.4 Å². The van der Waals surface area contributed by atoms with Gasteiger partial charge in [0.15, 0.2) is 0 Å². The first-order valence-electron chi connectivity index (χ1n) is 3.85. The Morgan fingerprint density at radius 3 is 2.15 bits per heavy atom. The summed E-state index contributed by atoms with van der Waals surface area (Å²) in [5.74, 6) is 0. The lowest BCUT2D eigenvalue weighted by Gasteiger charge is -2.09. The van der Waals surface area contributed by atoms with Gasteiger partial charge in [-0.2, -0.15) is 5.10 Å². The van der Waals surface area contributed by atoms with E-state index >= 15 is 0 Å². The number of nitrogens with zero attached hydrogens (tertiary/aromatic N) is 1. The van der Waals surface area contributed by atoms with Crippen molar-refractivity contribution in [3.05, 3.63) is 17.0 Å². The number of H-pyrrole nitrogens is 1. The summed E-state index contributed by atoms with van der Waals surface area (Å²) in [6, 6.07) is 0.383. The van der Waals surface area contributed by atoms with E-state index in [1.807, 2.05) is 20.9 Å². The number of aromatic nitrogens is 2. The first kappa shape index (κ1) is 15.2. The predicted molar refractivity (Wildman–Crippen MR) is 60.0 cm³/mol. The summed E-state index contributed by atoms with van der Waals surface area (Å²) in [4.78, 5) is 0. The smallest absolute Gasteiger partial charge is 0.0641 e. The lowest BCUT2D eigenvalue weighted by Crippen LogP contribution is -2.13. The van der Waals surface area contributed by atoms with Crippen LogP contribution < -0.4 is 5.32 Å². The van der Waals surface area contributed by atoms with Crippen LogP contribution in [0.5, 0.6) is 0 Å². The van der Waals surface area contributed by atoms with Gasteiger partial charge in [0.05, 0.1) is 5.69 Å². The molecule has 1 unspecified atom stereocenters. The van der Waals surface area contributed by atoms with Gasteiger partial charge in [-0.05, 0) is 27.8 Å². The van der Waals surface area contributed by atoms with Crippen molar-refractivity contribution in [3.8, 4) is 0 Å². The van der Waals surface area contributed by atoms with Gasteiger partial charge in [-0.1, -0.05) is 0 Å². The Hall–Kier alpha value is -0.250. The molecule has 2 N–H and O–H groups in total. The van der Waals surface area contributed by atoms with Crippen LogP contribution >= 0.6 is 24.8 Å². The van der Waals surface area contributed by atoms with Crippen molar-refractivity contribution in [2.45, 2.75) is 26.8 Å². The first-order valence-corrected chi connectivity index (χ1v) is 3.85. The number of nitrogens with one attached hydrogen (secondary N) is 2. The summed E-state index contributed by atoms with van der Waals surface area (Å²) < 4.78 is 0. The van der Waals surface area contributed by atoms with Crippen LogP contribution in [0.4, 0.5) is 0 Å². The van der Waals surface area contributed by atoms with Crippen molar-refractivity contribution in [2.75, 3.05) is 7.05 Å². The molecule has 0 fully saturated rings. The highest BCUT2D eigenvalue weighted by atomic mass is 35.5. The molecule has 0 saturated carbocycles. The summed E-state index contributed by atoms with van der Waals surface area (Å²) >= 11 is 0. The summed E-state index contributed by atoms with van der Waals surface area (Å²) in [5.41, 5.74) is 3.53. The molecule has 1 aromatic heterocycles. The van der Waals surface area contributed by atoms with Gasteiger partial charge in [-0.25, -0.2) is 0 Å². The van der Waals surface area contributed by atoms with Crippen LogP contribution in [-0.4, -0.2) is 17.2 Å². The van der Waals surface area contributed by atoms with E-state index in [1.165, 1.54) is 5.56 Å². The quantitative estimate of drug-likeness (QED) is 0.811. The first-order chi connectivity index (χ1) is 5.16. The van der Waals surface area contributed by atoms with Crippen LogP contribution in [-0.2, 0) is 0 Å². The molecule has 5 heteroatoms. The minimum atomic E-state index is 0. The number of rotatable bonds is 2. The Labute approximate surface area is 91.5 Å². The fourth-order valence-electron chi connectivity index (χ4n) is 1.34. The van der Waals surface area contributed by atoms with E-state index < -0.39 is 0 Å². The van der Waals surface area contributed by atoms with Gasteiger partial charge >= 0.3 is 0 Å². The zero-order chi connectivity index (χ0) is 8.43. The Bertz CT molecular complexity index is 228. The monoisotopic (exact) mass is 225 g/mol. The SMILES string of the molecule is CNC(C)c1c(C)n[nH]c1C.Cl.Cl. The van der Waals surface area contributed by atoms with Crippen molar-refractivity contribution in [2.24, 2.45) is 0 Å². The van der Waals surface area contributed by atoms with Gasteiger partial charge in [0, 0.05) is 17.3 Å². The number of hydrogen-bond donors (Lipinski definition) is 2. The Morgan fingerprint density at radius 2 is 1.85 bits per heavy atom. The van der Waals surface area contributed by atoms with E-state index in [1.54, 1.807) is 0 Å². The van der Waals surface area contributed by atoms with Gasteiger partial charge in [0.25, 0.3) is 0 Å². The molecule has 0 spiro atoms. The topological polar surface area (TPSA) is 40.7 Å². The largest absolute Gasteiger partial charge is 0.313 e. The van der Waals surface area contributed by atoms with E-state index in [4.69, 9.17) is 0 Å². The highest BCUT2D eigenvalue weighted by Crippen LogP contribution is 2.17. The third kappa shape index (κ3) is 3.18. The molecule has 0 aromatic carbocycles. The highest BCUT2D eigenvalue weighted by Gasteiger charge is 2.11. The predicted octanol–water partition coefficient (Wildman–Crippen LogP) is 2.15. The minimum Gasteiger partial charge on any atom is -0.313 e. The lowest BCUT2D eigenvalue weighted by molar-refractivity contribution is 0.645. The van der Waals surface area contributed by atoms with Crippen LogP contribution in [0.3, 0.4) is 0 Å². The summed E-state index contributed by atoms with van der Waals surface area (Å²) in [6.45, 7) is 6.20. The Morgan fingerprint density at radius 1 is 1.31 bits per heavy atom. The minimum absolute atomic E-state index is 0. The second-order valence-corrected chi connectivity index (χ2v) is 2.86. The molecular formula is C8H17Cl2N3. The fraction of sp³-hybridized carbons (Fsp3) is 0.625. The molecule has 0 aliphatic heterocycles. The number of halogens is 2. The summed E-state index contributed by atoms with van der Waals surface area (Å²) in [5, 5.41) is 10.3. The van der Waals surface area contributed by atoms with Crippen LogP contribution in [0, 0.1) is 13.8 Å². The maximum Gasteiger partial charge on any atom is 0.0641 e. The van der Waals surface area contributed by atoms with Crippen LogP contribution in [0.25, 0.3) is 0 Å². The third-order valence-corrected chi connectivity index (χ3v) is 2.05. The molecule has 0 amide bonds. The number of aromatic amines is 1. The molecule has 0 aliphatic carbocycles. The van der Waals surface area contributed by atoms with Crippen LogP contribution in [0.2, 0.25) is 0 Å². The molecule has 3 nitrogen and oxygen atoms in total. The average Bonchev–Trinajstić information content (AvgIpc) is 2.30. The van der Waals surface area contributed by atoms with Gasteiger partial charge in [-0.15, -0.1) is 24.8 Å². The molecule has 0 aliphatic rings. The molecule has 1 rings (SSSR count). The van der Waals surface area contributed by atoms with E-state index in [-0.39, 0.29) is 24.8 Å². The third-order valence-electron chi connectivity index (χ3n) is 2.05. The average molecular weight is 226 g/mol. The van der Waals surface area contributed by atoms with E-state index in [0.29, 0.717) is 6.04 Å². The fourth-order valence-corrected chi connectivity index (χ4v) is 1.34. The standard InChI is InChI=1S/C8H15N3.2ClH/c1-5(9-4)8-6(2)10-11-7(8)3;;/h5,9H,1-4H3,(H,10,11);2*1H. The van der Waals surface area contributed by atoms with Crippen LogP contribution in [0.15, 0.2) is 0 Å². The molecular weight excluding hydrogens is 209 g/mol. The molecule has 1 heterocycles. The van der Waals surface area contributed by atoms with E-state index in [9.17, 15) is 0 Å². The molecule has 0 saturated heterocycles. The zero-order valence-electron chi connectivity index (χ0n) is 8.34. The maximum atomic E-state index is 4.12. The van der Waals surface area contributed by atoms with Gasteiger partial charge in [-0.3, -0.25) is 5.10 Å². The van der Waals surface area contributed by atoms with Crippen molar-refractivity contribution in [3.63, 3.8) is 0 Å². The molecule has 13 heavy (non-hydrogen) atoms. The number of hydrogen-bond acceptors (Lipinski definition) is 2. The zero-order valence-corrected chi connectivity index (χ0v) is 9.97. The second-order valence-electron chi connectivity index (χ2n) is 2.86. The summed E-state index contributed by atoms with van der Waals surface area (Å²) in [7, 11) is 1.95. The van der Waals surface area contributed by atoms with Crippen molar-refractivity contribution in [1.29, 1.82) is 0 Å². The van der Waals surface area contributed by atoms with Gasteiger partial charge in [0.1, 0.15) is 0 Å². The maximum absolute atomic E-state index is 4.12. The molecule has 0 bridgehead atoms. The lowest BCUT2D eigenvalue weighted by atomic mass is 10.1. The second kappa shape index (κ2) is 6.24. The van der Waals surface area contributed by atoms with Gasteiger partial charge < -0.3 is 5.32 Å². The molecule has 78 valence electrons. The normalized spacial score (nSPS) is 11.4. The van der Waals surface area contributed by atoms with Crippen molar-refractivity contribution >= 4 is 24.8 Å². The highest BCUT2D eigenvalue weighted by molar-refractivity contribution is 5.85. The Kier molecular flexibility index (Phi) is 7.31. The van der Waals surface area contributed by atoms with Crippen molar-refractivity contribution < 1.29 is 0 Å². The van der Waals surface area contributed by atoms with Crippen LogP contribution in [0.1, 0.15) is 29.9 Å². The molecule has 1 atom stereocenters. The number of aryl methyl sites for hydroxylation is 2. The Balaban J connectivity index is 0. The summed E-state index contributed by atoms with van der Waals surface area (Å²) in [6.07, 6.45) is 0.